The van der Waals surface area contributed by atoms with Crippen LogP contribution in [0.2, 0.25) is 5.02 Å². The number of nitrogens with one attached hydrogen (secondary N) is 1. The summed E-state index contributed by atoms with van der Waals surface area (Å²) >= 11 is 5.69. The summed E-state index contributed by atoms with van der Waals surface area (Å²) in [6.07, 6.45) is 0. The van der Waals surface area contributed by atoms with Crippen molar-refractivity contribution in [1.29, 1.82) is 0 Å². The molecule has 2 aromatic carbocycles. The number of halogens is 3. The van der Waals surface area contributed by atoms with Gasteiger partial charge in [0.1, 0.15) is 11.6 Å². The molecule has 0 saturated heterocycles. The van der Waals surface area contributed by atoms with Gasteiger partial charge in [0.2, 0.25) is 0 Å². The maximum atomic E-state index is 13.5. The van der Waals surface area contributed by atoms with E-state index in [0.717, 1.165) is 12.1 Å². The fourth-order valence-corrected chi connectivity index (χ4v) is 1.66. The summed E-state index contributed by atoms with van der Waals surface area (Å²) in [6.45, 7) is 0. The lowest BCUT2D eigenvalue weighted by atomic mass is 10.2. The van der Waals surface area contributed by atoms with Gasteiger partial charge < -0.3 is 11.1 Å². The molecule has 0 aliphatic heterocycles. The predicted octanol–water partition coefficient (Wildman–Crippen LogP) is 3.45. The monoisotopic (exact) mass is 282 g/mol. The minimum atomic E-state index is -0.697. The second-order valence-electron chi connectivity index (χ2n) is 3.81. The third-order valence-corrected chi connectivity index (χ3v) is 2.66. The number of hydrogen-bond donors (Lipinski definition) is 2. The number of nitrogens with two attached hydrogens (primary N) is 1. The fraction of sp³-hybridized carbons (Fsp3) is 0. The third kappa shape index (κ3) is 3.00. The average Bonchev–Trinajstić information content (AvgIpc) is 2.36. The van der Waals surface area contributed by atoms with Gasteiger partial charge in [0.25, 0.3) is 5.91 Å². The van der Waals surface area contributed by atoms with Crippen LogP contribution in [-0.4, -0.2) is 5.91 Å². The first kappa shape index (κ1) is 13.3. The highest BCUT2D eigenvalue weighted by Crippen LogP contribution is 2.19. The lowest BCUT2D eigenvalue weighted by Crippen LogP contribution is -2.14. The molecular weight excluding hydrogens is 274 g/mol. The molecule has 2 aromatic rings. The van der Waals surface area contributed by atoms with Crippen LogP contribution in [0, 0.1) is 11.6 Å². The van der Waals surface area contributed by atoms with Crippen LogP contribution in [0.25, 0.3) is 0 Å². The Morgan fingerprint density at radius 1 is 1.11 bits per heavy atom. The van der Waals surface area contributed by atoms with Gasteiger partial charge >= 0.3 is 0 Å². The van der Waals surface area contributed by atoms with Gasteiger partial charge in [-0.1, -0.05) is 11.6 Å². The van der Waals surface area contributed by atoms with E-state index < -0.39 is 17.5 Å². The van der Waals surface area contributed by atoms with E-state index >= 15 is 0 Å². The highest BCUT2D eigenvalue weighted by molar-refractivity contribution is 6.31. The summed E-state index contributed by atoms with van der Waals surface area (Å²) in [4.78, 5) is 11.8. The first-order valence-electron chi connectivity index (χ1n) is 5.29. The molecule has 0 fully saturated rings. The van der Waals surface area contributed by atoms with Crippen LogP contribution in [0.15, 0.2) is 36.4 Å². The Bertz CT molecular complexity index is 647. The van der Waals surface area contributed by atoms with Crippen LogP contribution in [0.5, 0.6) is 0 Å². The van der Waals surface area contributed by atoms with Gasteiger partial charge in [-0.25, -0.2) is 8.78 Å². The van der Waals surface area contributed by atoms with Crippen LogP contribution in [0.3, 0.4) is 0 Å². The summed E-state index contributed by atoms with van der Waals surface area (Å²) in [5.74, 6) is -1.98. The molecule has 0 bridgehead atoms. The van der Waals surface area contributed by atoms with Crippen LogP contribution < -0.4 is 11.1 Å². The van der Waals surface area contributed by atoms with E-state index in [1.165, 1.54) is 24.3 Å². The first-order valence-corrected chi connectivity index (χ1v) is 5.66. The third-order valence-electron chi connectivity index (χ3n) is 2.43. The lowest BCUT2D eigenvalue weighted by Gasteiger charge is -2.07. The number of anilines is 2. The van der Waals surface area contributed by atoms with E-state index in [1.807, 2.05) is 0 Å². The van der Waals surface area contributed by atoms with Crippen LogP contribution in [0.4, 0.5) is 20.2 Å². The Hall–Kier alpha value is -2.14. The average molecular weight is 283 g/mol. The number of amides is 1. The Labute approximate surface area is 113 Å². The number of carbonyl (C=O) groups is 1. The van der Waals surface area contributed by atoms with E-state index in [4.69, 9.17) is 17.3 Å². The molecule has 2 rings (SSSR count). The van der Waals surface area contributed by atoms with E-state index in [1.54, 1.807) is 0 Å². The zero-order valence-corrected chi connectivity index (χ0v) is 10.3. The quantitative estimate of drug-likeness (QED) is 0.829. The maximum Gasteiger partial charge on any atom is 0.258 e. The topological polar surface area (TPSA) is 55.1 Å². The van der Waals surface area contributed by atoms with Crippen molar-refractivity contribution in [3.63, 3.8) is 0 Å². The Morgan fingerprint density at radius 2 is 1.79 bits per heavy atom. The molecule has 3 N–H and O–H groups in total. The van der Waals surface area contributed by atoms with Crippen molar-refractivity contribution >= 4 is 28.9 Å². The second kappa shape index (κ2) is 5.24. The minimum absolute atomic E-state index is 0.107. The number of hydrogen-bond acceptors (Lipinski definition) is 2. The molecule has 98 valence electrons. The normalized spacial score (nSPS) is 10.3. The zero-order chi connectivity index (χ0) is 14.0. The minimum Gasteiger partial charge on any atom is -0.396 e. The van der Waals surface area contributed by atoms with Gasteiger partial charge in [-0.2, -0.15) is 0 Å². The molecular formula is C13H9ClF2N2O. The molecule has 0 aliphatic rings. The summed E-state index contributed by atoms with van der Waals surface area (Å²) in [5, 5.41) is 2.65. The van der Waals surface area contributed by atoms with Gasteiger partial charge in [0.05, 0.1) is 11.3 Å². The van der Waals surface area contributed by atoms with Gasteiger partial charge in [0.15, 0.2) is 0 Å². The molecule has 0 heterocycles. The van der Waals surface area contributed by atoms with Crippen molar-refractivity contribution in [2.75, 3.05) is 11.1 Å². The highest BCUT2D eigenvalue weighted by atomic mass is 35.5. The zero-order valence-electron chi connectivity index (χ0n) is 9.58. The van der Waals surface area contributed by atoms with Crippen molar-refractivity contribution in [2.24, 2.45) is 0 Å². The summed E-state index contributed by atoms with van der Waals surface area (Å²) in [5.41, 5.74) is 5.33. The molecule has 1 amide bonds. The van der Waals surface area contributed by atoms with E-state index in [9.17, 15) is 13.6 Å². The lowest BCUT2D eigenvalue weighted by molar-refractivity contribution is 0.102. The van der Waals surface area contributed by atoms with Gasteiger partial charge in [-0.3, -0.25) is 4.79 Å². The SMILES string of the molecule is Nc1cc(NC(=O)c2cc(Cl)ccc2F)ccc1F. The summed E-state index contributed by atoms with van der Waals surface area (Å²) < 4.78 is 26.4. The number of nitrogen functional groups attached to an aromatic ring is 1. The number of carbonyl (C=O) groups excluding carboxylic acids is 1. The summed E-state index contributed by atoms with van der Waals surface area (Å²) in [6, 6.07) is 7.32. The molecule has 0 radical (unpaired) electrons. The van der Waals surface area contributed by atoms with Crippen molar-refractivity contribution in [1.82, 2.24) is 0 Å². The largest absolute Gasteiger partial charge is 0.396 e. The predicted molar refractivity (Wildman–Crippen MR) is 70.2 cm³/mol. The second-order valence-corrected chi connectivity index (χ2v) is 4.25. The molecule has 0 saturated carbocycles. The van der Waals surface area contributed by atoms with Crippen molar-refractivity contribution in [3.8, 4) is 0 Å². The van der Waals surface area contributed by atoms with E-state index in [2.05, 4.69) is 5.32 Å². The molecule has 0 unspecified atom stereocenters. The Kier molecular flexibility index (Phi) is 3.66. The van der Waals surface area contributed by atoms with Gasteiger partial charge in [-0.15, -0.1) is 0 Å². The standard InChI is InChI=1S/C13H9ClF2N2O/c14-7-1-3-10(15)9(5-7)13(19)18-8-2-4-11(16)12(17)6-8/h1-6H,17H2,(H,18,19). The summed E-state index contributed by atoms with van der Waals surface area (Å²) in [7, 11) is 0. The Morgan fingerprint density at radius 3 is 2.47 bits per heavy atom. The number of benzene rings is 2. The fourth-order valence-electron chi connectivity index (χ4n) is 1.49. The van der Waals surface area contributed by atoms with E-state index in [0.29, 0.717) is 0 Å². The van der Waals surface area contributed by atoms with E-state index in [-0.39, 0.29) is 22.0 Å². The van der Waals surface area contributed by atoms with Crippen molar-refractivity contribution < 1.29 is 13.6 Å². The molecule has 0 spiro atoms. The first-order chi connectivity index (χ1) is 8.97. The molecule has 3 nitrogen and oxygen atoms in total. The van der Waals surface area contributed by atoms with Crippen LogP contribution in [0.1, 0.15) is 10.4 Å². The number of rotatable bonds is 2. The molecule has 0 aromatic heterocycles. The molecule has 0 atom stereocenters. The maximum absolute atomic E-state index is 13.5. The van der Waals surface area contributed by atoms with Crippen molar-refractivity contribution in [2.45, 2.75) is 0 Å². The highest BCUT2D eigenvalue weighted by Gasteiger charge is 2.13. The van der Waals surface area contributed by atoms with Crippen molar-refractivity contribution in [3.05, 3.63) is 58.6 Å². The smallest absolute Gasteiger partial charge is 0.258 e. The Balaban J connectivity index is 2.25. The molecule has 0 aliphatic carbocycles. The van der Waals surface area contributed by atoms with Crippen LogP contribution >= 0.6 is 11.6 Å². The molecule has 19 heavy (non-hydrogen) atoms. The van der Waals surface area contributed by atoms with Gasteiger partial charge in [0, 0.05) is 10.7 Å². The van der Waals surface area contributed by atoms with Gasteiger partial charge in [-0.05, 0) is 36.4 Å². The van der Waals surface area contributed by atoms with Crippen LogP contribution in [-0.2, 0) is 0 Å². The molecule has 6 heteroatoms.